The van der Waals surface area contributed by atoms with Crippen LogP contribution in [0, 0.1) is 0 Å². The molecule has 0 saturated carbocycles. The first-order chi connectivity index (χ1) is 13.1. The molecule has 2 aromatic carbocycles. The van der Waals surface area contributed by atoms with Crippen LogP contribution in [-0.2, 0) is 0 Å². The monoisotopic (exact) mass is 360 g/mol. The lowest BCUT2D eigenvalue weighted by molar-refractivity contribution is 0.100. The second kappa shape index (κ2) is 8.23. The van der Waals surface area contributed by atoms with E-state index in [1.807, 2.05) is 42.2 Å². The van der Waals surface area contributed by atoms with E-state index in [0.29, 0.717) is 23.6 Å². The summed E-state index contributed by atoms with van der Waals surface area (Å²) in [6, 6.07) is 18.3. The quantitative estimate of drug-likeness (QED) is 0.670. The van der Waals surface area contributed by atoms with E-state index in [9.17, 15) is 9.59 Å². The van der Waals surface area contributed by atoms with Crippen molar-refractivity contribution in [3.8, 4) is 0 Å². The van der Waals surface area contributed by atoms with Gasteiger partial charge in [-0.1, -0.05) is 30.3 Å². The SMILES string of the molecule is CCN(c1ccccc1)c1cc(C(=O)Nc2cccc(C(C)=O)c2)ncn1. The smallest absolute Gasteiger partial charge is 0.274 e. The highest BCUT2D eigenvalue weighted by atomic mass is 16.2. The molecule has 3 rings (SSSR count). The fourth-order valence-corrected chi connectivity index (χ4v) is 2.71. The number of carbonyl (C=O) groups excluding carboxylic acids is 2. The van der Waals surface area contributed by atoms with Gasteiger partial charge in [-0.25, -0.2) is 9.97 Å². The summed E-state index contributed by atoms with van der Waals surface area (Å²) in [5.74, 6) is 0.224. The molecule has 0 saturated heterocycles. The highest BCUT2D eigenvalue weighted by Gasteiger charge is 2.14. The molecule has 1 amide bonds. The highest BCUT2D eigenvalue weighted by Crippen LogP contribution is 2.23. The van der Waals surface area contributed by atoms with E-state index in [1.165, 1.54) is 13.3 Å². The molecule has 6 heteroatoms. The van der Waals surface area contributed by atoms with E-state index < -0.39 is 0 Å². The summed E-state index contributed by atoms with van der Waals surface area (Å²) in [5, 5.41) is 2.78. The Bertz CT molecular complexity index is 957. The zero-order valence-electron chi connectivity index (χ0n) is 15.2. The summed E-state index contributed by atoms with van der Waals surface area (Å²) in [4.78, 5) is 34.5. The Balaban J connectivity index is 1.83. The summed E-state index contributed by atoms with van der Waals surface area (Å²) in [6.45, 7) is 4.20. The molecule has 1 heterocycles. The van der Waals surface area contributed by atoms with Crippen molar-refractivity contribution in [2.45, 2.75) is 13.8 Å². The van der Waals surface area contributed by atoms with Crippen LogP contribution in [0.5, 0.6) is 0 Å². The van der Waals surface area contributed by atoms with Gasteiger partial charge in [-0.05, 0) is 38.1 Å². The molecule has 0 radical (unpaired) electrons. The molecule has 6 nitrogen and oxygen atoms in total. The van der Waals surface area contributed by atoms with Crippen LogP contribution < -0.4 is 10.2 Å². The number of Topliss-reactive ketones (excluding diaryl/α,β-unsaturated/α-hetero) is 1. The maximum Gasteiger partial charge on any atom is 0.274 e. The molecular formula is C21H20N4O2. The zero-order valence-corrected chi connectivity index (χ0v) is 15.2. The molecule has 3 aromatic rings. The van der Waals surface area contributed by atoms with Crippen molar-refractivity contribution in [3.05, 3.63) is 78.2 Å². The summed E-state index contributed by atoms with van der Waals surface area (Å²) in [5.41, 5.74) is 2.32. The molecule has 0 spiro atoms. The Labute approximate surface area is 157 Å². The van der Waals surface area contributed by atoms with Crippen LogP contribution >= 0.6 is 0 Å². The van der Waals surface area contributed by atoms with Gasteiger partial charge in [0.2, 0.25) is 0 Å². The van der Waals surface area contributed by atoms with E-state index in [4.69, 9.17) is 0 Å². The minimum atomic E-state index is -0.358. The fourth-order valence-electron chi connectivity index (χ4n) is 2.71. The van der Waals surface area contributed by atoms with Crippen molar-refractivity contribution in [3.63, 3.8) is 0 Å². The fraction of sp³-hybridized carbons (Fsp3) is 0.143. The van der Waals surface area contributed by atoms with Crippen LogP contribution in [0.4, 0.5) is 17.2 Å². The van der Waals surface area contributed by atoms with Crippen molar-refractivity contribution >= 4 is 28.9 Å². The van der Waals surface area contributed by atoms with Crippen molar-refractivity contribution in [1.82, 2.24) is 9.97 Å². The van der Waals surface area contributed by atoms with E-state index in [0.717, 1.165) is 5.69 Å². The average molecular weight is 360 g/mol. The number of hydrogen-bond donors (Lipinski definition) is 1. The van der Waals surface area contributed by atoms with Gasteiger partial charge >= 0.3 is 0 Å². The van der Waals surface area contributed by atoms with Crippen LogP contribution in [0.15, 0.2) is 67.0 Å². The molecule has 0 aliphatic carbocycles. The molecule has 136 valence electrons. The third-order valence-electron chi connectivity index (χ3n) is 4.07. The average Bonchev–Trinajstić information content (AvgIpc) is 2.70. The van der Waals surface area contributed by atoms with Crippen molar-refractivity contribution in [2.24, 2.45) is 0 Å². The van der Waals surface area contributed by atoms with Gasteiger partial charge in [0, 0.05) is 29.5 Å². The van der Waals surface area contributed by atoms with Crippen LogP contribution in [0.2, 0.25) is 0 Å². The number of ketones is 1. The van der Waals surface area contributed by atoms with Crippen molar-refractivity contribution in [1.29, 1.82) is 0 Å². The van der Waals surface area contributed by atoms with Crippen LogP contribution in [-0.4, -0.2) is 28.2 Å². The van der Waals surface area contributed by atoms with E-state index in [-0.39, 0.29) is 17.4 Å². The number of nitrogens with zero attached hydrogens (tertiary/aromatic N) is 3. The summed E-state index contributed by atoms with van der Waals surface area (Å²) < 4.78 is 0. The summed E-state index contributed by atoms with van der Waals surface area (Å²) >= 11 is 0. The van der Waals surface area contributed by atoms with Gasteiger partial charge in [-0.3, -0.25) is 9.59 Å². The standard InChI is InChI=1S/C21H20N4O2/c1-3-25(18-10-5-4-6-11-18)20-13-19(22-14-23-20)21(27)24-17-9-7-8-16(12-17)15(2)26/h4-14H,3H2,1-2H3,(H,24,27). The second-order valence-electron chi connectivity index (χ2n) is 5.93. The Kier molecular flexibility index (Phi) is 5.56. The second-order valence-corrected chi connectivity index (χ2v) is 5.93. The van der Waals surface area contributed by atoms with Gasteiger partial charge in [-0.2, -0.15) is 0 Å². The molecule has 0 unspecified atom stereocenters. The highest BCUT2D eigenvalue weighted by molar-refractivity contribution is 6.04. The summed E-state index contributed by atoms with van der Waals surface area (Å²) in [7, 11) is 0. The van der Waals surface area contributed by atoms with Crippen LogP contribution in [0.3, 0.4) is 0 Å². The Hall–Kier alpha value is -3.54. The first-order valence-corrected chi connectivity index (χ1v) is 8.65. The normalized spacial score (nSPS) is 10.3. The number of rotatable bonds is 6. The summed E-state index contributed by atoms with van der Waals surface area (Å²) in [6.07, 6.45) is 1.38. The number of anilines is 3. The number of benzene rings is 2. The molecule has 1 N–H and O–H groups in total. The number of carbonyl (C=O) groups is 2. The number of para-hydroxylation sites is 1. The minimum absolute atomic E-state index is 0.0585. The molecule has 1 aromatic heterocycles. The van der Waals surface area contributed by atoms with Gasteiger partial charge in [0.05, 0.1) is 0 Å². The third kappa shape index (κ3) is 4.36. The van der Waals surface area contributed by atoms with Gasteiger partial charge in [-0.15, -0.1) is 0 Å². The van der Waals surface area contributed by atoms with E-state index in [1.54, 1.807) is 30.3 Å². The maximum absolute atomic E-state index is 12.6. The number of amides is 1. The Morgan fingerprint density at radius 3 is 2.48 bits per heavy atom. The van der Waals surface area contributed by atoms with E-state index in [2.05, 4.69) is 15.3 Å². The lowest BCUT2D eigenvalue weighted by Crippen LogP contribution is -2.20. The first-order valence-electron chi connectivity index (χ1n) is 8.65. The Morgan fingerprint density at radius 1 is 1.00 bits per heavy atom. The van der Waals surface area contributed by atoms with Gasteiger partial charge in [0.25, 0.3) is 5.91 Å². The van der Waals surface area contributed by atoms with Gasteiger partial charge in [0.15, 0.2) is 5.78 Å². The predicted octanol–water partition coefficient (Wildman–Crippen LogP) is 4.09. The van der Waals surface area contributed by atoms with Gasteiger partial charge in [0.1, 0.15) is 17.8 Å². The molecule has 0 fully saturated rings. The molecule has 0 bridgehead atoms. The molecule has 27 heavy (non-hydrogen) atoms. The van der Waals surface area contributed by atoms with E-state index >= 15 is 0 Å². The lowest BCUT2D eigenvalue weighted by atomic mass is 10.1. The molecule has 0 atom stereocenters. The third-order valence-corrected chi connectivity index (χ3v) is 4.07. The van der Waals surface area contributed by atoms with Crippen molar-refractivity contribution < 1.29 is 9.59 Å². The molecule has 0 aliphatic rings. The van der Waals surface area contributed by atoms with Crippen LogP contribution in [0.1, 0.15) is 34.7 Å². The largest absolute Gasteiger partial charge is 0.327 e. The predicted molar refractivity (Wildman–Crippen MR) is 106 cm³/mol. The number of aromatic nitrogens is 2. The maximum atomic E-state index is 12.6. The van der Waals surface area contributed by atoms with Gasteiger partial charge < -0.3 is 10.2 Å². The topological polar surface area (TPSA) is 75.2 Å². The van der Waals surface area contributed by atoms with Crippen LogP contribution in [0.25, 0.3) is 0 Å². The molecule has 0 aliphatic heterocycles. The Morgan fingerprint density at radius 2 is 1.78 bits per heavy atom. The number of hydrogen-bond acceptors (Lipinski definition) is 5. The molecular weight excluding hydrogens is 340 g/mol. The first kappa shape index (κ1) is 18.3. The minimum Gasteiger partial charge on any atom is -0.327 e. The zero-order chi connectivity index (χ0) is 19.2. The lowest BCUT2D eigenvalue weighted by Gasteiger charge is -2.22. The number of nitrogens with one attached hydrogen (secondary N) is 1. The van der Waals surface area contributed by atoms with Crippen molar-refractivity contribution in [2.75, 3.05) is 16.8 Å².